The first-order chi connectivity index (χ1) is 8.52. The number of aryl methyl sites for hydroxylation is 2. The van der Waals surface area contributed by atoms with Gasteiger partial charge in [0.05, 0.1) is 29.1 Å². The van der Waals surface area contributed by atoms with E-state index in [0.29, 0.717) is 12.0 Å². The number of halogens is 1. The van der Waals surface area contributed by atoms with Crippen LogP contribution in [0.1, 0.15) is 31.7 Å². The van der Waals surface area contributed by atoms with Crippen LogP contribution in [-0.4, -0.2) is 28.5 Å². The highest BCUT2D eigenvalue weighted by atomic mass is 35.5. The highest BCUT2D eigenvalue weighted by Gasteiger charge is 2.28. The summed E-state index contributed by atoms with van der Waals surface area (Å²) in [6.07, 6.45) is 2.99. The second kappa shape index (κ2) is 5.59. The topological polar surface area (TPSA) is 53.1 Å². The van der Waals surface area contributed by atoms with Gasteiger partial charge in [-0.25, -0.2) is 0 Å². The summed E-state index contributed by atoms with van der Waals surface area (Å²) >= 11 is 6.34. The summed E-state index contributed by atoms with van der Waals surface area (Å²) in [5.74, 6) is 0.427. The second-order valence-electron chi connectivity index (χ2n) is 5.19. The summed E-state index contributed by atoms with van der Waals surface area (Å²) in [6, 6.07) is 0.0903. The van der Waals surface area contributed by atoms with Crippen molar-refractivity contribution in [1.82, 2.24) is 9.78 Å². The van der Waals surface area contributed by atoms with Crippen LogP contribution in [0.25, 0.3) is 0 Å². The molecule has 3 unspecified atom stereocenters. The Morgan fingerprint density at radius 2 is 2.33 bits per heavy atom. The molecule has 2 N–H and O–H groups in total. The van der Waals surface area contributed by atoms with Gasteiger partial charge in [0.15, 0.2) is 0 Å². The van der Waals surface area contributed by atoms with Crippen LogP contribution in [0, 0.1) is 5.92 Å². The van der Waals surface area contributed by atoms with Crippen molar-refractivity contribution in [2.75, 3.05) is 6.61 Å². The van der Waals surface area contributed by atoms with Crippen LogP contribution in [0.2, 0.25) is 5.02 Å². The van der Waals surface area contributed by atoms with E-state index in [9.17, 15) is 0 Å². The Balaban J connectivity index is 2.07. The first-order valence-corrected chi connectivity index (χ1v) is 6.98. The predicted molar refractivity (Wildman–Crippen MR) is 72.8 cm³/mol. The van der Waals surface area contributed by atoms with Gasteiger partial charge in [-0.2, -0.15) is 5.10 Å². The molecule has 0 saturated carbocycles. The van der Waals surface area contributed by atoms with Gasteiger partial charge in [-0.3, -0.25) is 4.68 Å². The predicted octanol–water partition coefficient (Wildman–Crippen LogP) is 1.93. The van der Waals surface area contributed by atoms with Crippen LogP contribution in [-0.2, 0) is 24.6 Å². The van der Waals surface area contributed by atoms with Gasteiger partial charge in [0.25, 0.3) is 0 Å². The maximum Gasteiger partial charge on any atom is 0.0850 e. The molecule has 1 aliphatic heterocycles. The van der Waals surface area contributed by atoms with Crippen molar-refractivity contribution in [2.45, 2.75) is 45.3 Å². The van der Waals surface area contributed by atoms with Gasteiger partial charge in [-0.1, -0.05) is 18.5 Å². The third-order valence-corrected chi connectivity index (χ3v) is 4.20. The fraction of sp³-hybridized carbons (Fsp3) is 0.769. The van der Waals surface area contributed by atoms with Crippen molar-refractivity contribution in [1.29, 1.82) is 0 Å². The van der Waals surface area contributed by atoms with Crippen LogP contribution in [0.15, 0.2) is 0 Å². The molecule has 0 bridgehead atoms. The molecule has 4 nitrogen and oxygen atoms in total. The van der Waals surface area contributed by atoms with Gasteiger partial charge >= 0.3 is 0 Å². The number of nitrogens with zero attached hydrogens (tertiary/aromatic N) is 2. The molecule has 2 rings (SSSR count). The lowest BCUT2D eigenvalue weighted by atomic mass is 9.94. The standard InChI is InChI=1S/C13H22ClN3O/c1-4-11-13(14)12(17(3)16-11)6-10(15)9-5-8(2)18-7-9/h8-10H,4-7,15H2,1-3H3. The van der Waals surface area contributed by atoms with Crippen LogP contribution in [0.3, 0.4) is 0 Å². The number of hydrogen-bond acceptors (Lipinski definition) is 3. The molecule has 3 atom stereocenters. The molecule has 0 aliphatic carbocycles. The van der Waals surface area contributed by atoms with E-state index in [-0.39, 0.29) is 6.04 Å². The molecule has 0 radical (unpaired) electrons. The molecular weight excluding hydrogens is 250 g/mol. The lowest BCUT2D eigenvalue weighted by Crippen LogP contribution is -2.33. The Morgan fingerprint density at radius 1 is 1.61 bits per heavy atom. The van der Waals surface area contributed by atoms with E-state index in [0.717, 1.165) is 42.3 Å². The molecule has 18 heavy (non-hydrogen) atoms. The van der Waals surface area contributed by atoms with E-state index >= 15 is 0 Å². The van der Waals surface area contributed by atoms with Gasteiger partial charge in [0, 0.05) is 25.4 Å². The fourth-order valence-electron chi connectivity index (χ4n) is 2.58. The molecule has 5 heteroatoms. The van der Waals surface area contributed by atoms with Crippen LogP contribution >= 0.6 is 11.6 Å². The lowest BCUT2D eigenvalue weighted by Gasteiger charge is -2.17. The largest absolute Gasteiger partial charge is 0.378 e. The van der Waals surface area contributed by atoms with Crippen molar-refractivity contribution in [3.05, 3.63) is 16.4 Å². The average molecular weight is 272 g/mol. The quantitative estimate of drug-likeness (QED) is 0.910. The van der Waals surface area contributed by atoms with Gasteiger partial charge in [0.2, 0.25) is 0 Å². The van der Waals surface area contributed by atoms with E-state index in [2.05, 4.69) is 18.9 Å². The molecule has 1 fully saturated rings. The molecule has 1 aliphatic rings. The van der Waals surface area contributed by atoms with Crippen LogP contribution in [0.4, 0.5) is 0 Å². The van der Waals surface area contributed by atoms with Crippen molar-refractivity contribution in [3.63, 3.8) is 0 Å². The molecule has 1 saturated heterocycles. The third kappa shape index (κ3) is 2.71. The zero-order valence-electron chi connectivity index (χ0n) is 11.3. The van der Waals surface area contributed by atoms with Crippen molar-refractivity contribution in [2.24, 2.45) is 18.7 Å². The number of ether oxygens (including phenoxy) is 1. The van der Waals surface area contributed by atoms with Gasteiger partial charge < -0.3 is 10.5 Å². The van der Waals surface area contributed by atoms with E-state index < -0.39 is 0 Å². The number of nitrogens with two attached hydrogens (primary N) is 1. The van der Waals surface area contributed by atoms with Crippen molar-refractivity contribution < 1.29 is 4.74 Å². The molecule has 0 amide bonds. The molecule has 2 heterocycles. The van der Waals surface area contributed by atoms with Crippen LogP contribution in [0.5, 0.6) is 0 Å². The maximum absolute atomic E-state index is 6.34. The SMILES string of the molecule is CCc1nn(C)c(CC(N)C2COC(C)C2)c1Cl. The molecule has 102 valence electrons. The monoisotopic (exact) mass is 271 g/mol. The summed E-state index contributed by atoms with van der Waals surface area (Å²) in [7, 11) is 1.93. The summed E-state index contributed by atoms with van der Waals surface area (Å²) in [5, 5.41) is 5.20. The van der Waals surface area contributed by atoms with Crippen LogP contribution < -0.4 is 5.73 Å². The minimum Gasteiger partial charge on any atom is -0.378 e. The van der Waals surface area contributed by atoms with Crippen molar-refractivity contribution in [3.8, 4) is 0 Å². The average Bonchev–Trinajstić information content (AvgIpc) is 2.87. The number of rotatable bonds is 4. The second-order valence-corrected chi connectivity index (χ2v) is 5.57. The smallest absolute Gasteiger partial charge is 0.0850 e. The van der Waals surface area contributed by atoms with E-state index in [4.69, 9.17) is 22.1 Å². The Labute approximate surface area is 113 Å². The van der Waals surface area contributed by atoms with Crippen molar-refractivity contribution >= 4 is 11.6 Å². The molecule has 0 spiro atoms. The number of hydrogen-bond donors (Lipinski definition) is 1. The summed E-state index contributed by atoms with van der Waals surface area (Å²) in [4.78, 5) is 0. The Morgan fingerprint density at radius 3 is 2.83 bits per heavy atom. The minimum atomic E-state index is 0.0903. The van der Waals surface area contributed by atoms with Gasteiger partial charge in [-0.15, -0.1) is 0 Å². The first-order valence-electron chi connectivity index (χ1n) is 6.60. The lowest BCUT2D eigenvalue weighted by molar-refractivity contribution is 0.118. The summed E-state index contributed by atoms with van der Waals surface area (Å²) in [5.41, 5.74) is 8.28. The first kappa shape index (κ1) is 13.8. The molecule has 0 aromatic carbocycles. The van der Waals surface area contributed by atoms with Gasteiger partial charge in [-0.05, 0) is 19.8 Å². The molecule has 1 aromatic rings. The highest BCUT2D eigenvalue weighted by Crippen LogP contribution is 2.26. The Hall–Kier alpha value is -0.580. The normalized spacial score (nSPS) is 25.6. The highest BCUT2D eigenvalue weighted by molar-refractivity contribution is 6.31. The van der Waals surface area contributed by atoms with E-state index in [1.165, 1.54) is 0 Å². The molecule has 1 aromatic heterocycles. The minimum absolute atomic E-state index is 0.0903. The molecular formula is C13H22ClN3O. The number of aromatic nitrogens is 2. The fourth-order valence-corrected chi connectivity index (χ4v) is 2.95. The Bertz CT molecular complexity index is 419. The zero-order chi connectivity index (χ0) is 13.3. The Kier molecular flexibility index (Phi) is 4.30. The maximum atomic E-state index is 6.34. The summed E-state index contributed by atoms with van der Waals surface area (Å²) < 4.78 is 7.44. The van der Waals surface area contributed by atoms with E-state index in [1.54, 1.807) is 0 Å². The summed E-state index contributed by atoms with van der Waals surface area (Å²) in [6.45, 7) is 4.92. The zero-order valence-corrected chi connectivity index (χ0v) is 12.1. The van der Waals surface area contributed by atoms with E-state index in [1.807, 2.05) is 11.7 Å². The van der Waals surface area contributed by atoms with Gasteiger partial charge in [0.1, 0.15) is 0 Å². The third-order valence-electron chi connectivity index (χ3n) is 3.77.